The predicted molar refractivity (Wildman–Crippen MR) is 115 cm³/mol. The summed E-state index contributed by atoms with van der Waals surface area (Å²) in [5.74, 6) is 2.69. The van der Waals surface area contributed by atoms with Gasteiger partial charge in [0.2, 0.25) is 5.82 Å². The zero-order valence-corrected chi connectivity index (χ0v) is 17.2. The molecule has 9 heteroatoms. The summed E-state index contributed by atoms with van der Waals surface area (Å²) in [6.45, 7) is 6.28. The predicted octanol–water partition coefficient (Wildman–Crippen LogP) is 2.18. The van der Waals surface area contributed by atoms with E-state index in [0.29, 0.717) is 30.0 Å². The number of piperidine rings is 1. The van der Waals surface area contributed by atoms with Crippen molar-refractivity contribution < 1.29 is 4.42 Å². The van der Waals surface area contributed by atoms with Crippen LogP contribution in [0.3, 0.4) is 0 Å². The number of aromatic amines is 1. The Morgan fingerprint density at radius 3 is 2.90 bits per heavy atom. The van der Waals surface area contributed by atoms with Crippen molar-refractivity contribution in [2.75, 3.05) is 19.6 Å². The SMILES string of the molecule is CCNC(=NCc1nc(-c2ccco2)n[nH]1)NC1CCN(Cc2ccccn2)CC1. The Hall–Kier alpha value is -3.20. The number of H-pyrrole nitrogens is 1. The summed E-state index contributed by atoms with van der Waals surface area (Å²) < 4.78 is 5.33. The number of rotatable bonds is 7. The Bertz CT molecular complexity index is 914. The molecule has 4 rings (SSSR count). The maximum atomic E-state index is 5.33. The average Bonchev–Trinajstić information content (AvgIpc) is 3.46. The second-order valence-electron chi connectivity index (χ2n) is 7.29. The zero-order valence-electron chi connectivity index (χ0n) is 17.2. The van der Waals surface area contributed by atoms with Gasteiger partial charge in [0.1, 0.15) is 12.4 Å². The molecule has 0 aromatic carbocycles. The number of pyridine rings is 1. The summed E-state index contributed by atoms with van der Waals surface area (Å²) in [6.07, 6.45) is 5.61. The van der Waals surface area contributed by atoms with Crippen molar-refractivity contribution >= 4 is 5.96 Å². The summed E-state index contributed by atoms with van der Waals surface area (Å²) >= 11 is 0. The molecule has 0 amide bonds. The maximum Gasteiger partial charge on any atom is 0.216 e. The van der Waals surface area contributed by atoms with Crippen molar-refractivity contribution in [1.82, 2.24) is 35.7 Å². The van der Waals surface area contributed by atoms with Gasteiger partial charge in [-0.2, -0.15) is 0 Å². The van der Waals surface area contributed by atoms with Crippen molar-refractivity contribution in [2.45, 2.75) is 38.9 Å². The quantitative estimate of drug-likeness (QED) is 0.406. The second kappa shape index (κ2) is 10.0. The molecule has 0 radical (unpaired) electrons. The molecule has 1 fully saturated rings. The number of hydrogen-bond donors (Lipinski definition) is 3. The molecule has 0 atom stereocenters. The number of nitrogens with one attached hydrogen (secondary N) is 3. The molecule has 1 saturated heterocycles. The summed E-state index contributed by atoms with van der Waals surface area (Å²) in [6, 6.07) is 10.1. The van der Waals surface area contributed by atoms with Crippen LogP contribution in [0.4, 0.5) is 0 Å². The molecule has 3 aromatic rings. The minimum atomic E-state index is 0.399. The molecule has 0 spiro atoms. The molecule has 3 N–H and O–H groups in total. The molecule has 0 aliphatic carbocycles. The van der Waals surface area contributed by atoms with Crippen LogP contribution in [0.5, 0.6) is 0 Å². The highest BCUT2D eigenvalue weighted by atomic mass is 16.3. The standard InChI is InChI=1S/C21H28N8O/c1-2-22-21(24-14-19-26-20(28-27-19)18-7-5-13-30-18)25-16-8-11-29(12-9-16)15-17-6-3-4-10-23-17/h3-7,10,13,16H,2,8-9,11-12,14-15H2,1H3,(H2,22,24,25)(H,26,27,28). The van der Waals surface area contributed by atoms with E-state index >= 15 is 0 Å². The molecular weight excluding hydrogens is 380 g/mol. The highest BCUT2D eigenvalue weighted by Gasteiger charge is 2.20. The van der Waals surface area contributed by atoms with Crippen LogP contribution >= 0.6 is 0 Å². The van der Waals surface area contributed by atoms with Crippen molar-refractivity contribution in [3.63, 3.8) is 0 Å². The van der Waals surface area contributed by atoms with Gasteiger partial charge in [-0.15, -0.1) is 5.10 Å². The molecule has 4 heterocycles. The third-order valence-corrected chi connectivity index (χ3v) is 5.04. The van der Waals surface area contributed by atoms with E-state index in [9.17, 15) is 0 Å². The van der Waals surface area contributed by atoms with Crippen LogP contribution in [0.25, 0.3) is 11.6 Å². The van der Waals surface area contributed by atoms with Gasteiger partial charge in [-0.1, -0.05) is 6.07 Å². The molecule has 0 unspecified atom stereocenters. The van der Waals surface area contributed by atoms with E-state index in [2.05, 4.69) is 53.7 Å². The normalized spacial score (nSPS) is 16.0. The Kier molecular flexibility index (Phi) is 6.71. The highest BCUT2D eigenvalue weighted by Crippen LogP contribution is 2.15. The summed E-state index contributed by atoms with van der Waals surface area (Å²) in [5, 5.41) is 14.0. The number of hydrogen-bond acceptors (Lipinski definition) is 6. The first kappa shape index (κ1) is 20.1. The fourth-order valence-corrected chi connectivity index (χ4v) is 3.51. The molecule has 1 aliphatic heterocycles. The van der Waals surface area contributed by atoms with E-state index < -0.39 is 0 Å². The largest absolute Gasteiger partial charge is 0.461 e. The molecule has 0 saturated carbocycles. The van der Waals surface area contributed by atoms with E-state index in [-0.39, 0.29) is 0 Å². The lowest BCUT2D eigenvalue weighted by molar-refractivity contribution is 0.196. The second-order valence-corrected chi connectivity index (χ2v) is 7.29. The fraction of sp³-hybridized carbons (Fsp3) is 0.429. The minimum Gasteiger partial charge on any atom is -0.461 e. The van der Waals surface area contributed by atoms with E-state index in [4.69, 9.17) is 4.42 Å². The van der Waals surface area contributed by atoms with Crippen molar-refractivity contribution in [2.24, 2.45) is 4.99 Å². The lowest BCUT2D eigenvalue weighted by Crippen LogP contribution is -2.48. The molecule has 30 heavy (non-hydrogen) atoms. The number of likely N-dealkylation sites (tertiary alicyclic amines) is 1. The Balaban J connectivity index is 1.28. The lowest BCUT2D eigenvalue weighted by Gasteiger charge is -2.32. The van der Waals surface area contributed by atoms with Crippen molar-refractivity contribution in [3.8, 4) is 11.6 Å². The van der Waals surface area contributed by atoms with E-state index in [0.717, 1.165) is 50.7 Å². The zero-order chi connectivity index (χ0) is 20.6. The first-order chi connectivity index (χ1) is 14.8. The van der Waals surface area contributed by atoms with Gasteiger partial charge in [0.15, 0.2) is 11.7 Å². The van der Waals surface area contributed by atoms with Crippen LogP contribution < -0.4 is 10.6 Å². The van der Waals surface area contributed by atoms with Crippen LogP contribution in [-0.2, 0) is 13.1 Å². The van der Waals surface area contributed by atoms with Gasteiger partial charge in [-0.3, -0.25) is 15.0 Å². The van der Waals surface area contributed by atoms with Crippen molar-refractivity contribution in [3.05, 3.63) is 54.3 Å². The minimum absolute atomic E-state index is 0.399. The number of aromatic nitrogens is 4. The van der Waals surface area contributed by atoms with Gasteiger partial charge in [-0.25, -0.2) is 9.98 Å². The van der Waals surface area contributed by atoms with Crippen molar-refractivity contribution in [1.29, 1.82) is 0 Å². The lowest BCUT2D eigenvalue weighted by atomic mass is 10.0. The smallest absolute Gasteiger partial charge is 0.216 e. The maximum absolute atomic E-state index is 5.33. The average molecular weight is 409 g/mol. The van der Waals surface area contributed by atoms with Crippen LogP contribution in [-0.4, -0.2) is 56.7 Å². The van der Waals surface area contributed by atoms with Crippen LogP contribution in [0.15, 0.2) is 52.2 Å². The number of furan rings is 1. The topological polar surface area (TPSA) is 107 Å². The Labute approximate surface area is 176 Å². The summed E-state index contributed by atoms with van der Waals surface area (Å²) in [5.41, 5.74) is 1.12. The van der Waals surface area contributed by atoms with Gasteiger partial charge in [-0.05, 0) is 44.0 Å². The van der Waals surface area contributed by atoms with Gasteiger partial charge in [0, 0.05) is 38.4 Å². The van der Waals surface area contributed by atoms with E-state index in [1.807, 2.05) is 30.5 Å². The monoisotopic (exact) mass is 408 g/mol. The third-order valence-electron chi connectivity index (χ3n) is 5.04. The van der Waals surface area contributed by atoms with Gasteiger partial charge in [0.05, 0.1) is 12.0 Å². The summed E-state index contributed by atoms with van der Waals surface area (Å²) in [7, 11) is 0. The Morgan fingerprint density at radius 2 is 2.17 bits per heavy atom. The number of nitrogens with zero attached hydrogens (tertiary/aromatic N) is 5. The number of aliphatic imine (C=N–C) groups is 1. The highest BCUT2D eigenvalue weighted by molar-refractivity contribution is 5.80. The molecular formula is C21H28N8O. The Morgan fingerprint density at radius 1 is 1.27 bits per heavy atom. The van der Waals surface area contributed by atoms with Crippen LogP contribution in [0.2, 0.25) is 0 Å². The molecule has 9 nitrogen and oxygen atoms in total. The van der Waals surface area contributed by atoms with Crippen LogP contribution in [0.1, 0.15) is 31.3 Å². The molecule has 3 aromatic heterocycles. The third kappa shape index (κ3) is 5.44. The van der Waals surface area contributed by atoms with E-state index in [1.54, 1.807) is 6.26 Å². The van der Waals surface area contributed by atoms with Gasteiger partial charge in [0.25, 0.3) is 0 Å². The molecule has 0 bridgehead atoms. The molecule has 1 aliphatic rings. The fourth-order valence-electron chi connectivity index (χ4n) is 3.51. The van der Waals surface area contributed by atoms with Crippen LogP contribution in [0, 0.1) is 0 Å². The van der Waals surface area contributed by atoms with Gasteiger partial charge < -0.3 is 15.1 Å². The summed E-state index contributed by atoms with van der Waals surface area (Å²) in [4.78, 5) is 16.0. The first-order valence-corrected chi connectivity index (χ1v) is 10.4. The number of guanidine groups is 1. The van der Waals surface area contributed by atoms with E-state index in [1.165, 1.54) is 0 Å². The molecule has 158 valence electrons. The van der Waals surface area contributed by atoms with Gasteiger partial charge >= 0.3 is 0 Å². The first-order valence-electron chi connectivity index (χ1n) is 10.4.